The number of aliphatic hydroxyl groups is 1. The van der Waals surface area contributed by atoms with Crippen LogP contribution in [0.2, 0.25) is 10.2 Å². The smallest absolute Gasteiger partial charge is 0.130 e. The fourth-order valence-electron chi connectivity index (χ4n) is 1.67. The monoisotopic (exact) mass is 297 g/mol. The quantitative estimate of drug-likeness (QED) is 0.859. The zero-order chi connectivity index (χ0) is 13.7. The van der Waals surface area contributed by atoms with Crippen molar-refractivity contribution in [2.45, 2.75) is 13.0 Å². The van der Waals surface area contributed by atoms with Crippen molar-refractivity contribution in [3.63, 3.8) is 0 Å². The molecule has 0 saturated carbocycles. The molecular formula is C14H13Cl2NO2. The first-order valence-electron chi connectivity index (χ1n) is 5.82. The van der Waals surface area contributed by atoms with Gasteiger partial charge in [-0.3, -0.25) is 0 Å². The minimum absolute atomic E-state index is 0.0869. The van der Waals surface area contributed by atoms with Crippen LogP contribution in [0.4, 0.5) is 0 Å². The predicted octanol–water partition coefficient (Wildman–Crippen LogP) is 3.50. The standard InChI is InChI=1S/C14H13Cl2NO2/c15-12-7-14(16)17-8-11(12)9-19-13-4-2-1-3-10(13)5-6-18/h1-4,7-8,18H,5-6,9H2. The molecule has 0 aliphatic heterocycles. The number of nitrogens with zero attached hydrogens (tertiary/aromatic N) is 1. The van der Waals surface area contributed by atoms with Crippen molar-refractivity contribution >= 4 is 23.2 Å². The lowest BCUT2D eigenvalue weighted by Crippen LogP contribution is -2.01. The first kappa shape index (κ1) is 14.1. The Morgan fingerprint density at radius 2 is 1.95 bits per heavy atom. The summed E-state index contributed by atoms with van der Waals surface area (Å²) in [4.78, 5) is 3.97. The minimum atomic E-state index is 0.0869. The van der Waals surface area contributed by atoms with E-state index in [2.05, 4.69) is 4.98 Å². The molecule has 2 aromatic rings. The number of aliphatic hydroxyl groups excluding tert-OH is 1. The van der Waals surface area contributed by atoms with Crippen molar-refractivity contribution < 1.29 is 9.84 Å². The molecular weight excluding hydrogens is 285 g/mol. The Morgan fingerprint density at radius 1 is 1.16 bits per heavy atom. The zero-order valence-electron chi connectivity index (χ0n) is 10.1. The predicted molar refractivity (Wildman–Crippen MR) is 75.8 cm³/mol. The molecule has 5 heteroatoms. The lowest BCUT2D eigenvalue weighted by molar-refractivity contribution is 0.284. The molecule has 0 aliphatic rings. The van der Waals surface area contributed by atoms with Crippen molar-refractivity contribution in [1.29, 1.82) is 0 Å². The number of halogens is 2. The number of benzene rings is 1. The normalized spacial score (nSPS) is 10.5. The molecule has 19 heavy (non-hydrogen) atoms. The van der Waals surface area contributed by atoms with Gasteiger partial charge < -0.3 is 9.84 Å². The van der Waals surface area contributed by atoms with Gasteiger partial charge in [0.2, 0.25) is 0 Å². The maximum atomic E-state index is 9.00. The number of pyridine rings is 1. The highest BCUT2D eigenvalue weighted by Crippen LogP contribution is 2.23. The van der Waals surface area contributed by atoms with Crippen LogP contribution in [0.25, 0.3) is 0 Å². The summed E-state index contributed by atoms with van der Waals surface area (Å²) in [5, 5.41) is 9.89. The highest BCUT2D eigenvalue weighted by molar-refractivity contribution is 6.34. The molecule has 3 nitrogen and oxygen atoms in total. The largest absolute Gasteiger partial charge is 0.489 e. The molecule has 0 atom stereocenters. The SMILES string of the molecule is OCCc1ccccc1OCc1cnc(Cl)cc1Cl. The highest BCUT2D eigenvalue weighted by Gasteiger charge is 2.06. The van der Waals surface area contributed by atoms with Crippen LogP contribution in [-0.4, -0.2) is 16.7 Å². The Labute approximate surface area is 121 Å². The van der Waals surface area contributed by atoms with E-state index in [-0.39, 0.29) is 6.61 Å². The summed E-state index contributed by atoms with van der Waals surface area (Å²) < 4.78 is 5.72. The van der Waals surface area contributed by atoms with Crippen molar-refractivity contribution in [3.05, 3.63) is 57.8 Å². The summed E-state index contributed by atoms with van der Waals surface area (Å²) in [5.41, 5.74) is 1.73. The summed E-state index contributed by atoms with van der Waals surface area (Å²) in [6, 6.07) is 9.17. The molecule has 0 radical (unpaired) electrons. The van der Waals surface area contributed by atoms with E-state index in [9.17, 15) is 0 Å². The molecule has 1 aromatic heterocycles. The molecule has 2 rings (SSSR count). The summed E-state index contributed by atoms with van der Waals surface area (Å²) >= 11 is 11.8. The van der Waals surface area contributed by atoms with Crippen LogP contribution in [-0.2, 0) is 13.0 Å². The first-order chi connectivity index (χ1) is 9.20. The van der Waals surface area contributed by atoms with Gasteiger partial charge in [-0.1, -0.05) is 41.4 Å². The van der Waals surface area contributed by atoms with Crippen LogP contribution in [0.15, 0.2) is 36.5 Å². The molecule has 0 unspecified atom stereocenters. The maximum absolute atomic E-state index is 9.00. The zero-order valence-corrected chi connectivity index (χ0v) is 11.7. The number of hydrogen-bond donors (Lipinski definition) is 1. The molecule has 0 aliphatic carbocycles. The second-order valence-corrected chi connectivity index (χ2v) is 4.76. The van der Waals surface area contributed by atoms with E-state index < -0.39 is 0 Å². The van der Waals surface area contributed by atoms with Gasteiger partial charge in [0.1, 0.15) is 17.5 Å². The summed E-state index contributed by atoms with van der Waals surface area (Å²) in [7, 11) is 0. The van der Waals surface area contributed by atoms with Gasteiger partial charge >= 0.3 is 0 Å². The molecule has 100 valence electrons. The number of ether oxygens (including phenoxy) is 1. The Bertz CT molecular complexity index is 561. The van der Waals surface area contributed by atoms with E-state index >= 15 is 0 Å². The molecule has 1 N–H and O–H groups in total. The Kier molecular flexibility index (Phi) is 5.02. The van der Waals surface area contributed by atoms with Gasteiger partial charge in [0.05, 0.1) is 5.02 Å². The van der Waals surface area contributed by atoms with Crippen LogP contribution < -0.4 is 4.74 Å². The number of hydrogen-bond acceptors (Lipinski definition) is 3. The number of aromatic nitrogens is 1. The summed E-state index contributed by atoms with van der Waals surface area (Å²) in [5.74, 6) is 0.738. The molecule has 0 amide bonds. The fourth-order valence-corrected chi connectivity index (χ4v) is 2.09. The molecule has 0 bridgehead atoms. The van der Waals surface area contributed by atoms with E-state index in [0.29, 0.717) is 23.2 Å². The third-order valence-electron chi connectivity index (χ3n) is 2.63. The molecule has 1 heterocycles. The van der Waals surface area contributed by atoms with Crippen LogP contribution in [0.5, 0.6) is 5.75 Å². The van der Waals surface area contributed by atoms with Gasteiger partial charge in [-0.15, -0.1) is 0 Å². The topological polar surface area (TPSA) is 42.4 Å². The van der Waals surface area contributed by atoms with Gasteiger partial charge in [0.15, 0.2) is 0 Å². The fraction of sp³-hybridized carbons (Fsp3) is 0.214. The van der Waals surface area contributed by atoms with E-state index in [1.165, 1.54) is 0 Å². The van der Waals surface area contributed by atoms with Crippen molar-refractivity contribution in [3.8, 4) is 5.75 Å². The highest BCUT2D eigenvalue weighted by atomic mass is 35.5. The Morgan fingerprint density at radius 3 is 2.68 bits per heavy atom. The van der Waals surface area contributed by atoms with E-state index in [4.69, 9.17) is 33.0 Å². The van der Waals surface area contributed by atoms with Gasteiger partial charge in [-0.2, -0.15) is 0 Å². The van der Waals surface area contributed by atoms with E-state index in [1.807, 2.05) is 24.3 Å². The van der Waals surface area contributed by atoms with Crippen molar-refractivity contribution in [2.24, 2.45) is 0 Å². The van der Waals surface area contributed by atoms with Crippen LogP contribution >= 0.6 is 23.2 Å². The van der Waals surface area contributed by atoms with Crippen molar-refractivity contribution in [2.75, 3.05) is 6.61 Å². The number of rotatable bonds is 5. The van der Waals surface area contributed by atoms with Crippen LogP contribution in [0.1, 0.15) is 11.1 Å². The molecule has 0 saturated heterocycles. The first-order valence-corrected chi connectivity index (χ1v) is 6.58. The Balaban J connectivity index is 2.10. The minimum Gasteiger partial charge on any atom is -0.489 e. The summed E-state index contributed by atoms with van der Waals surface area (Å²) in [6.45, 7) is 0.398. The van der Waals surface area contributed by atoms with Gasteiger partial charge in [-0.25, -0.2) is 4.98 Å². The third kappa shape index (κ3) is 3.83. The van der Waals surface area contributed by atoms with Crippen LogP contribution in [0.3, 0.4) is 0 Å². The van der Waals surface area contributed by atoms with E-state index in [0.717, 1.165) is 16.9 Å². The maximum Gasteiger partial charge on any atom is 0.130 e. The second-order valence-electron chi connectivity index (χ2n) is 3.97. The van der Waals surface area contributed by atoms with Crippen LogP contribution in [0, 0.1) is 0 Å². The summed E-state index contributed by atoms with van der Waals surface area (Å²) in [6.07, 6.45) is 2.15. The van der Waals surface area contributed by atoms with E-state index in [1.54, 1.807) is 12.3 Å². The van der Waals surface area contributed by atoms with Gasteiger partial charge in [0, 0.05) is 18.4 Å². The molecule has 0 spiro atoms. The van der Waals surface area contributed by atoms with Gasteiger partial charge in [-0.05, 0) is 24.1 Å². The van der Waals surface area contributed by atoms with Gasteiger partial charge in [0.25, 0.3) is 0 Å². The average molecular weight is 298 g/mol. The molecule has 0 fully saturated rings. The molecule has 1 aromatic carbocycles. The number of para-hydroxylation sites is 1. The second kappa shape index (κ2) is 6.75. The average Bonchev–Trinajstić information content (AvgIpc) is 2.40. The Hall–Kier alpha value is -1.29. The van der Waals surface area contributed by atoms with Crippen molar-refractivity contribution in [1.82, 2.24) is 4.98 Å². The lowest BCUT2D eigenvalue weighted by atomic mass is 10.1. The lowest BCUT2D eigenvalue weighted by Gasteiger charge is -2.11. The third-order valence-corrected chi connectivity index (χ3v) is 3.19.